The molecule has 6 atom stereocenters. The highest BCUT2D eigenvalue weighted by atomic mass is 79.9. The first kappa shape index (κ1) is 34.0. The van der Waals surface area contributed by atoms with Gasteiger partial charge in [-0.05, 0) is 53.8 Å². The van der Waals surface area contributed by atoms with E-state index >= 15 is 0 Å². The van der Waals surface area contributed by atoms with Crippen LogP contribution < -0.4 is 0 Å². The third-order valence-corrected chi connectivity index (χ3v) is 8.60. The van der Waals surface area contributed by atoms with Crippen molar-refractivity contribution in [2.45, 2.75) is 77.2 Å². The summed E-state index contributed by atoms with van der Waals surface area (Å²) in [6, 6.07) is 33.5. The maximum absolute atomic E-state index is 12.7. The molecule has 3 unspecified atom stereocenters. The van der Waals surface area contributed by atoms with Gasteiger partial charge in [0.25, 0.3) is 0 Å². The summed E-state index contributed by atoms with van der Waals surface area (Å²) >= 11 is 3.59. The molecule has 8 heteroatoms. The van der Waals surface area contributed by atoms with Crippen molar-refractivity contribution >= 4 is 21.9 Å². The maximum Gasteiger partial charge on any atom is 0.303 e. The van der Waals surface area contributed by atoms with Gasteiger partial charge in [-0.25, -0.2) is 0 Å². The van der Waals surface area contributed by atoms with Gasteiger partial charge in [0.1, 0.15) is 30.5 Å². The molecule has 1 saturated heterocycles. The molecule has 4 aromatic carbocycles. The second kappa shape index (κ2) is 16.5. The van der Waals surface area contributed by atoms with Crippen LogP contribution in [0.2, 0.25) is 0 Å². The van der Waals surface area contributed by atoms with Gasteiger partial charge in [0.05, 0.1) is 26.4 Å². The lowest BCUT2D eigenvalue weighted by Gasteiger charge is -2.48. The zero-order valence-electron chi connectivity index (χ0n) is 26.4. The molecule has 242 valence electrons. The number of aryl methyl sites for hydroxylation is 2. The zero-order valence-corrected chi connectivity index (χ0v) is 28.0. The number of hydrogen-bond donors (Lipinski definition) is 1. The van der Waals surface area contributed by atoms with Crippen molar-refractivity contribution in [1.29, 1.82) is 0 Å². The van der Waals surface area contributed by atoms with Gasteiger partial charge in [-0.3, -0.25) is 4.79 Å². The van der Waals surface area contributed by atoms with Crippen molar-refractivity contribution in [3.63, 3.8) is 0 Å². The van der Waals surface area contributed by atoms with Crippen molar-refractivity contribution in [3.8, 4) is 0 Å². The highest BCUT2D eigenvalue weighted by Crippen LogP contribution is 2.40. The van der Waals surface area contributed by atoms with Crippen LogP contribution in [0.4, 0.5) is 0 Å². The number of ether oxygens (including phenoxy) is 5. The smallest absolute Gasteiger partial charge is 0.303 e. The molecule has 0 aromatic heterocycles. The summed E-state index contributed by atoms with van der Waals surface area (Å²) in [6.07, 6.45) is -4.62. The van der Waals surface area contributed by atoms with E-state index in [1.807, 2.05) is 117 Å². The second-order valence-corrected chi connectivity index (χ2v) is 12.5. The molecule has 7 nitrogen and oxygen atoms in total. The molecular weight excluding hydrogens is 648 g/mol. The first-order valence-corrected chi connectivity index (χ1v) is 16.3. The van der Waals surface area contributed by atoms with Crippen LogP contribution in [0.5, 0.6) is 0 Å². The number of carbonyl (C=O) groups is 1. The minimum atomic E-state index is -0.849. The van der Waals surface area contributed by atoms with Gasteiger partial charge >= 0.3 is 5.97 Å². The molecule has 1 aliphatic heterocycles. The van der Waals surface area contributed by atoms with Gasteiger partial charge in [0, 0.05) is 17.0 Å². The van der Waals surface area contributed by atoms with Gasteiger partial charge in [-0.2, -0.15) is 0 Å². The molecule has 1 fully saturated rings. The molecule has 1 N–H and O–H groups in total. The summed E-state index contributed by atoms with van der Waals surface area (Å²) in [5.41, 5.74) is 5.59. The average molecular weight is 690 g/mol. The minimum absolute atomic E-state index is 0.261. The predicted octanol–water partition coefficient (Wildman–Crippen LogP) is 7.19. The van der Waals surface area contributed by atoms with E-state index < -0.39 is 42.6 Å². The Balaban J connectivity index is 1.58. The Morgan fingerprint density at radius 2 is 1.17 bits per heavy atom. The number of hydrogen-bond acceptors (Lipinski definition) is 7. The molecule has 46 heavy (non-hydrogen) atoms. The summed E-state index contributed by atoms with van der Waals surface area (Å²) in [5, 5.41) is 10.7. The van der Waals surface area contributed by atoms with E-state index in [4.69, 9.17) is 23.7 Å². The van der Waals surface area contributed by atoms with Gasteiger partial charge < -0.3 is 28.8 Å². The van der Waals surface area contributed by atoms with Crippen molar-refractivity contribution in [1.82, 2.24) is 0 Å². The van der Waals surface area contributed by atoms with Crippen molar-refractivity contribution in [2.24, 2.45) is 0 Å². The van der Waals surface area contributed by atoms with Crippen LogP contribution in [0.3, 0.4) is 0 Å². The molecule has 0 amide bonds. The standard InChI is InChI=1S/C38H41BrO7/c1-25-19-31(39)20-26(2)33(25)35(45-27(3)41)38-37(44-24-30-17-11-6-12-18-30)36(43-23-29-15-9-5-10-16-29)34(32(21-40)46-38)42-22-28-13-7-4-8-14-28/h4-20,32,34-38,40H,21-24H2,1-3H3/t32?,34-,35-,36?,37?,38-/m1/s1. The number of halogens is 1. The van der Waals surface area contributed by atoms with Crippen molar-refractivity contribution in [2.75, 3.05) is 6.61 Å². The maximum atomic E-state index is 12.7. The normalized spacial score (nSPS) is 21.9. The van der Waals surface area contributed by atoms with E-state index in [0.29, 0.717) is 0 Å². The van der Waals surface area contributed by atoms with Gasteiger partial charge in [0.15, 0.2) is 6.10 Å². The highest BCUT2D eigenvalue weighted by molar-refractivity contribution is 9.10. The Morgan fingerprint density at radius 1 is 0.739 bits per heavy atom. The number of benzene rings is 4. The monoisotopic (exact) mass is 688 g/mol. The third-order valence-electron chi connectivity index (χ3n) is 8.14. The van der Waals surface area contributed by atoms with Crippen LogP contribution in [-0.4, -0.2) is 48.2 Å². The summed E-state index contributed by atoms with van der Waals surface area (Å²) in [6.45, 7) is 5.83. The first-order chi connectivity index (χ1) is 22.3. The van der Waals surface area contributed by atoms with Gasteiger partial charge in [0.2, 0.25) is 0 Å². The minimum Gasteiger partial charge on any atom is -0.455 e. The number of esters is 1. The van der Waals surface area contributed by atoms with Gasteiger partial charge in [-0.1, -0.05) is 107 Å². The first-order valence-electron chi connectivity index (χ1n) is 15.5. The number of carbonyl (C=O) groups excluding carboxylic acids is 1. The van der Waals surface area contributed by atoms with E-state index in [-0.39, 0.29) is 26.4 Å². The van der Waals surface area contributed by atoms with E-state index in [2.05, 4.69) is 15.9 Å². The quantitative estimate of drug-likeness (QED) is 0.149. The predicted molar refractivity (Wildman–Crippen MR) is 179 cm³/mol. The molecule has 5 rings (SSSR count). The Bertz CT molecular complexity index is 1510. The summed E-state index contributed by atoms with van der Waals surface area (Å²) in [7, 11) is 0. The van der Waals surface area contributed by atoms with Crippen LogP contribution in [0.1, 0.15) is 46.4 Å². The molecule has 1 aliphatic rings. The lowest BCUT2D eigenvalue weighted by Crippen LogP contribution is -2.62. The molecule has 1 heterocycles. The largest absolute Gasteiger partial charge is 0.455 e. The molecular formula is C38H41BrO7. The molecule has 0 bridgehead atoms. The van der Waals surface area contributed by atoms with E-state index in [0.717, 1.165) is 37.9 Å². The second-order valence-electron chi connectivity index (χ2n) is 11.6. The van der Waals surface area contributed by atoms with Crippen LogP contribution in [0.15, 0.2) is 108 Å². The fourth-order valence-corrected chi connectivity index (χ4v) is 6.74. The fourth-order valence-electron chi connectivity index (χ4n) is 6.05. The van der Waals surface area contributed by atoms with Crippen LogP contribution in [0.25, 0.3) is 0 Å². The Morgan fingerprint density at radius 3 is 1.61 bits per heavy atom. The third kappa shape index (κ3) is 8.70. The summed E-state index contributed by atoms with van der Waals surface area (Å²) < 4.78 is 33.7. The van der Waals surface area contributed by atoms with Gasteiger partial charge in [-0.15, -0.1) is 0 Å². The topological polar surface area (TPSA) is 83.5 Å². The van der Waals surface area contributed by atoms with E-state index in [1.165, 1.54) is 6.92 Å². The van der Waals surface area contributed by atoms with Crippen LogP contribution in [-0.2, 0) is 48.3 Å². The average Bonchev–Trinajstić information content (AvgIpc) is 3.05. The zero-order chi connectivity index (χ0) is 32.5. The van der Waals surface area contributed by atoms with Crippen molar-refractivity contribution in [3.05, 3.63) is 141 Å². The molecule has 4 aromatic rings. The van der Waals surface area contributed by atoms with Crippen molar-refractivity contribution < 1.29 is 33.6 Å². The number of rotatable bonds is 13. The summed E-state index contributed by atoms with van der Waals surface area (Å²) in [4.78, 5) is 12.7. The van der Waals surface area contributed by atoms with E-state index in [1.54, 1.807) is 0 Å². The number of aliphatic hydroxyl groups excluding tert-OH is 1. The lowest BCUT2D eigenvalue weighted by atomic mass is 9.86. The summed E-state index contributed by atoms with van der Waals surface area (Å²) in [5.74, 6) is -0.457. The fraction of sp³-hybridized carbons (Fsp3) is 0.342. The number of aliphatic hydroxyl groups is 1. The molecule has 0 radical (unpaired) electrons. The molecule has 0 saturated carbocycles. The van der Waals surface area contributed by atoms with Crippen LogP contribution in [0, 0.1) is 13.8 Å². The highest BCUT2D eigenvalue weighted by Gasteiger charge is 2.52. The lowest BCUT2D eigenvalue weighted by molar-refractivity contribution is -0.286. The van der Waals surface area contributed by atoms with E-state index in [9.17, 15) is 9.90 Å². The molecule has 0 spiro atoms. The Kier molecular flexibility index (Phi) is 12.2. The SMILES string of the molecule is CC(=O)O[C@H](c1c(C)cc(Br)cc1C)[C@H]1OC(CO)[C@@H](OCc2ccccc2)C(OCc2ccccc2)C1OCc1ccccc1. The molecule has 0 aliphatic carbocycles. The Hall–Kier alpha value is -3.37. The Labute approximate surface area is 279 Å². The van der Waals surface area contributed by atoms with Crippen LogP contribution >= 0.6 is 15.9 Å².